The summed E-state index contributed by atoms with van der Waals surface area (Å²) in [6.07, 6.45) is 7.40. The van der Waals surface area contributed by atoms with Crippen molar-refractivity contribution in [2.75, 3.05) is 18.1 Å². The molecule has 1 aliphatic carbocycles. The summed E-state index contributed by atoms with van der Waals surface area (Å²) in [5.41, 5.74) is 0. The van der Waals surface area contributed by atoms with E-state index in [1.54, 1.807) is 11.8 Å². The maximum atomic E-state index is 11.9. The van der Waals surface area contributed by atoms with Gasteiger partial charge in [0.15, 0.2) is 0 Å². The number of imide groups is 1. The zero-order chi connectivity index (χ0) is 12.3. The Balaban J connectivity index is 1.73. The third-order valence-corrected chi connectivity index (χ3v) is 3.78. The van der Waals surface area contributed by atoms with E-state index in [2.05, 4.69) is 11.2 Å². The Bertz CT molecular complexity index is 360. The van der Waals surface area contributed by atoms with E-state index >= 15 is 0 Å². The van der Waals surface area contributed by atoms with Gasteiger partial charge in [0.25, 0.3) is 0 Å². The lowest BCUT2D eigenvalue weighted by Crippen LogP contribution is -2.40. The van der Waals surface area contributed by atoms with E-state index in [4.69, 9.17) is 6.42 Å². The zero-order valence-electron chi connectivity index (χ0n) is 9.65. The fourth-order valence-electron chi connectivity index (χ4n) is 1.96. The predicted molar refractivity (Wildman–Crippen MR) is 67.4 cm³/mol. The van der Waals surface area contributed by atoms with Crippen LogP contribution in [0.2, 0.25) is 0 Å². The van der Waals surface area contributed by atoms with Crippen molar-refractivity contribution in [1.82, 2.24) is 10.2 Å². The third kappa shape index (κ3) is 3.02. The lowest BCUT2D eigenvalue weighted by molar-refractivity contribution is -0.139. The zero-order valence-corrected chi connectivity index (χ0v) is 10.5. The second-order valence-corrected chi connectivity index (χ2v) is 5.41. The number of carbonyl (C=O) groups is 2. The van der Waals surface area contributed by atoms with Crippen LogP contribution in [0.3, 0.4) is 0 Å². The molecule has 4 nitrogen and oxygen atoms in total. The largest absolute Gasteiger partial charge is 0.305 e. The second kappa shape index (κ2) is 5.56. The molecule has 0 aromatic heterocycles. The summed E-state index contributed by atoms with van der Waals surface area (Å²) >= 11 is 1.65. The maximum absolute atomic E-state index is 11.9. The number of likely N-dealkylation sites (tertiary alicyclic amines) is 1. The summed E-state index contributed by atoms with van der Waals surface area (Å²) in [5.74, 6) is 4.04. The minimum atomic E-state index is -0.311. The fourth-order valence-corrected chi connectivity index (χ4v) is 2.49. The number of thioether (sulfide) groups is 1. The van der Waals surface area contributed by atoms with Gasteiger partial charge in [-0.3, -0.25) is 14.5 Å². The van der Waals surface area contributed by atoms with Gasteiger partial charge in [0.2, 0.25) is 11.8 Å². The van der Waals surface area contributed by atoms with E-state index < -0.39 is 0 Å². The molecule has 2 aliphatic rings. The van der Waals surface area contributed by atoms with Crippen LogP contribution in [0.15, 0.2) is 0 Å². The number of hydrogen-bond acceptors (Lipinski definition) is 4. The molecule has 1 saturated heterocycles. The predicted octanol–water partition coefficient (Wildman–Crippen LogP) is 0.232. The smallest absolute Gasteiger partial charge is 0.247 e. The Hall–Kier alpha value is -0.990. The van der Waals surface area contributed by atoms with Crippen LogP contribution in [0.4, 0.5) is 0 Å². The van der Waals surface area contributed by atoms with Crippen molar-refractivity contribution in [3.63, 3.8) is 0 Å². The first kappa shape index (κ1) is 12.5. The topological polar surface area (TPSA) is 49.4 Å². The Kier molecular flexibility index (Phi) is 4.08. The lowest BCUT2D eigenvalue weighted by atomic mass is 10.2. The van der Waals surface area contributed by atoms with Crippen LogP contribution in [-0.4, -0.2) is 46.8 Å². The van der Waals surface area contributed by atoms with Crippen molar-refractivity contribution < 1.29 is 9.59 Å². The van der Waals surface area contributed by atoms with Gasteiger partial charge in [-0.2, -0.15) is 0 Å². The summed E-state index contributed by atoms with van der Waals surface area (Å²) < 4.78 is 0. The molecule has 1 atom stereocenters. The van der Waals surface area contributed by atoms with Gasteiger partial charge in [0.1, 0.15) is 0 Å². The Morgan fingerprint density at radius 2 is 2.24 bits per heavy atom. The van der Waals surface area contributed by atoms with E-state index in [1.165, 1.54) is 4.90 Å². The van der Waals surface area contributed by atoms with Crippen molar-refractivity contribution in [3.05, 3.63) is 0 Å². The monoisotopic (exact) mass is 252 g/mol. The highest BCUT2D eigenvalue weighted by Gasteiger charge is 2.45. The van der Waals surface area contributed by atoms with Crippen molar-refractivity contribution in [1.29, 1.82) is 0 Å². The molecule has 5 heteroatoms. The number of hydrogen-bond donors (Lipinski definition) is 1. The van der Waals surface area contributed by atoms with Crippen LogP contribution < -0.4 is 5.32 Å². The number of amides is 2. The molecule has 17 heavy (non-hydrogen) atoms. The van der Waals surface area contributed by atoms with Gasteiger partial charge < -0.3 is 5.32 Å². The summed E-state index contributed by atoms with van der Waals surface area (Å²) in [4.78, 5) is 25.0. The summed E-state index contributed by atoms with van der Waals surface area (Å²) in [6, 6.07) is -0.118. The fraction of sp³-hybridized carbons (Fsp3) is 0.667. The second-order valence-electron chi connectivity index (χ2n) is 4.30. The van der Waals surface area contributed by atoms with Crippen molar-refractivity contribution in [2.45, 2.75) is 31.3 Å². The molecule has 2 fully saturated rings. The van der Waals surface area contributed by atoms with Gasteiger partial charge in [0, 0.05) is 18.3 Å². The molecule has 0 radical (unpaired) electrons. The molecular weight excluding hydrogens is 236 g/mol. The first-order chi connectivity index (χ1) is 8.24. The molecule has 1 heterocycles. The molecule has 2 rings (SSSR count). The van der Waals surface area contributed by atoms with Crippen LogP contribution in [0.5, 0.6) is 0 Å². The van der Waals surface area contributed by atoms with Gasteiger partial charge in [0.05, 0.1) is 18.2 Å². The van der Waals surface area contributed by atoms with Crippen LogP contribution >= 0.6 is 11.8 Å². The van der Waals surface area contributed by atoms with E-state index in [-0.39, 0.29) is 23.9 Å². The van der Waals surface area contributed by atoms with E-state index in [0.717, 1.165) is 18.6 Å². The van der Waals surface area contributed by atoms with Gasteiger partial charge in [-0.1, -0.05) is 5.92 Å². The summed E-state index contributed by atoms with van der Waals surface area (Å²) in [6.45, 7) is 0.717. The highest BCUT2D eigenvalue weighted by molar-refractivity contribution is 7.99. The molecule has 1 saturated carbocycles. The highest BCUT2D eigenvalue weighted by atomic mass is 32.2. The average Bonchev–Trinajstić information content (AvgIpc) is 3.08. The van der Waals surface area contributed by atoms with Crippen molar-refractivity contribution in [2.24, 2.45) is 0 Å². The molecule has 0 aromatic carbocycles. The van der Waals surface area contributed by atoms with E-state index in [9.17, 15) is 9.59 Å². The molecule has 2 amide bonds. The van der Waals surface area contributed by atoms with Crippen LogP contribution in [0.25, 0.3) is 0 Å². The van der Waals surface area contributed by atoms with Crippen molar-refractivity contribution >= 4 is 23.6 Å². The van der Waals surface area contributed by atoms with Crippen LogP contribution in [-0.2, 0) is 9.59 Å². The van der Waals surface area contributed by atoms with Gasteiger partial charge in [-0.05, 0) is 12.8 Å². The average molecular weight is 252 g/mol. The third-order valence-electron chi connectivity index (χ3n) is 2.92. The molecule has 1 N–H and O–H groups in total. The number of nitrogens with zero attached hydrogens (tertiary/aromatic N) is 1. The Labute approximate surface area is 105 Å². The number of carbonyl (C=O) groups excluding carboxylic acids is 2. The number of nitrogens with one attached hydrogen (secondary N) is 1. The summed E-state index contributed by atoms with van der Waals surface area (Å²) in [7, 11) is 0. The molecule has 0 aromatic rings. The van der Waals surface area contributed by atoms with Gasteiger partial charge in [-0.15, -0.1) is 18.2 Å². The van der Waals surface area contributed by atoms with Crippen molar-refractivity contribution in [3.8, 4) is 12.3 Å². The Morgan fingerprint density at radius 1 is 1.47 bits per heavy atom. The molecular formula is C12H16N2O2S. The van der Waals surface area contributed by atoms with E-state index in [1.807, 2.05) is 0 Å². The Morgan fingerprint density at radius 3 is 2.88 bits per heavy atom. The molecule has 1 aliphatic heterocycles. The molecule has 92 valence electrons. The van der Waals surface area contributed by atoms with Gasteiger partial charge in [-0.25, -0.2) is 0 Å². The highest BCUT2D eigenvalue weighted by Crippen LogP contribution is 2.31. The first-order valence-electron chi connectivity index (χ1n) is 5.84. The quantitative estimate of drug-likeness (QED) is 0.418. The van der Waals surface area contributed by atoms with Gasteiger partial charge >= 0.3 is 0 Å². The molecule has 1 unspecified atom stereocenters. The number of rotatable bonds is 6. The standard InChI is InChI=1S/C12H16N2O2S/c1-2-6-17-7-5-13-10-8-11(15)14(12(10)16)9-3-4-9/h1,9-10,13H,3-8H2. The van der Waals surface area contributed by atoms with Crippen LogP contribution in [0, 0.1) is 12.3 Å². The number of terminal acetylenes is 1. The van der Waals surface area contributed by atoms with E-state index in [0.29, 0.717) is 18.7 Å². The molecule has 0 spiro atoms. The van der Waals surface area contributed by atoms with Crippen LogP contribution in [0.1, 0.15) is 19.3 Å². The maximum Gasteiger partial charge on any atom is 0.247 e. The SMILES string of the molecule is C#CCSCCNC1CC(=O)N(C2CC2)C1=O. The molecule has 0 bridgehead atoms. The minimum Gasteiger partial charge on any atom is -0.305 e. The first-order valence-corrected chi connectivity index (χ1v) is 7.00. The lowest BCUT2D eigenvalue weighted by Gasteiger charge is -2.14. The normalized spacial score (nSPS) is 24.2. The minimum absolute atomic E-state index is 0.0220. The summed E-state index contributed by atoms with van der Waals surface area (Å²) in [5, 5.41) is 3.13.